The number of methoxy groups -OCH3 is 1. The molecule has 17 heavy (non-hydrogen) atoms. The van der Waals surface area contributed by atoms with Crippen molar-refractivity contribution in [3.05, 3.63) is 24.0 Å². The van der Waals surface area contributed by atoms with Gasteiger partial charge in [0.1, 0.15) is 11.6 Å². The number of benzene rings is 1. The molecule has 1 aromatic rings. The van der Waals surface area contributed by atoms with Gasteiger partial charge in [0.05, 0.1) is 18.2 Å². The fourth-order valence-corrected chi connectivity index (χ4v) is 1.71. The van der Waals surface area contributed by atoms with Crippen molar-refractivity contribution in [1.82, 2.24) is 0 Å². The maximum atomic E-state index is 13.1. The quantitative estimate of drug-likeness (QED) is 0.835. The molecule has 1 amide bonds. The summed E-state index contributed by atoms with van der Waals surface area (Å²) in [4.78, 5) is 11.9. The van der Waals surface area contributed by atoms with Crippen molar-refractivity contribution >= 4 is 11.6 Å². The van der Waals surface area contributed by atoms with Gasteiger partial charge in [-0.1, -0.05) is 0 Å². The van der Waals surface area contributed by atoms with Crippen LogP contribution in [0.1, 0.15) is 12.8 Å². The lowest BCUT2D eigenvalue weighted by Gasteiger charge is -2.15. The maximum Gasteiger partial charge on any atom is 0.231 e. The number of halogens is 1. The van der Waals surface area contributed by atoms with E-state index in [9.17, 15) is 9.18 Å². The van der Waals surface area contributed by atoms with Crippen molar-refractivity contribution in [2.75, 3.05) is 19.0 Å². The van der Waals surface area contributed by atoms with Crippen LogP contribution in [0.4, 0.5) is 10.1 Å². The fourth-order valence-electron chi connectivity index (χ4n) is 1.71. The highest BCUT2D eigenvalue weighted by Gasteiger charge is 2.48. The molecule has 1 aliphatic carbocycles. The van der Waals surface area contributed by atoms with E-state index in [1.54, 1.807) is 0 Å². The third-order valence-electron chi connectivity index (χ3n) is 3.14. The number of nitrogens with two attached hydrogens (primary N) is 1. The zero-order chi connectivity index (χ0) is 12.5. The summed E-state index contributed by atoms with van der Waals surface area (Å²) >= 11 is 0. The molecule has 0 bridgehead atoms. The molecule has 5 heteroatoms. The lowest BCUT2D eigenvalue weighted by Crippen LogP contribution is -2.31. The van der Waals surface area contributed by atoms with Crippen LogP contribution in [-0.4, -0.2) is 19.6 Å². The molecule has 0 aliphatic heterocycles. The van der Waals surface area contributed by atoms with Gasteiger partial charge in [-0.15, -0.1) is 0 Å². The van der Waals surface area contributed by atoms with Gasteiger partial charge in [0, 0.05) is 12.6 Å². The van der Waals surface area contributed by atoms with Gasteiger partial charge in [0.2, 0.25) is 5.91 Å². The van der Waals surface area contributed by atoms with Crippen molar-refractivity contribution in [1.29, 1.82) is 0 Å². The first-order chi connectivity index (χ1) is 8.11. The number of ether oxygens (including phenoxy) is 1. The normalized spacial score (nSPS) is 16.4. The highest BCUT2D eigenvalue weighted by Crippen LogP contribution is 2.45. The molecule has 1 aliphatic rings. The molecule has 0 spiro atoms. The van der Waals surface area contributed by atoms with Gasteiger partial charge in [-0.25, -0.2) is 4.39 Å². The molecule has 0 unspecified atom stereocenters. The van der Waals surface area contributed by atoms with Crippen LogP contribution < -0.4 is 15.8 Å². The number of carbonyl (C=O) groups excluding carboxylic acids is 1. The third-order valence-corrected chi connectivity index (χ3v) is 3.14. The Hall–Kier alpha value is -1.62. The SMILES string of the molecule is COc1ccc(F)cc1NC(=O)C1(CN)CC1. The number of amides is 1. The van der Waals surface area contributed by atoms with E-state index in [1.807, 2.05) is 0 Å². The van der Waals surface area contributed by atoms with Crippen molar-refractivity contribution in [3.8, 4) is 5.75 Å². The second kappa shape index (κ2) is 4.33. The highest BCUT2D eigenvalue weighted by atomic mass is 19.1. The Morgan fingerprint density at radius 3 is 2.82 bits per heavy atom. The zero-order valence-electron chi connectivity index (χ0n) is 9.63. The standard InChI is InChI=1S/C12H15FN2O2/c1-17-10-3-2-8(13)6-9(10)15-11(16)12(7-14)4-5-12/h2-3,6H,4-5,7,14H2,1H3,(H,15,16). The van der Waals surface area contributed by atoms with Crippen LogP contribution in [0.5, 0.6) is 5.75 Å². The molecule has 0 radical (unpaired) electrons. The zero-order valence-corrected chi connectivity index (χ0v) is 9.63. The number of rotatable bonds is 4. The van der Waals surface area contributed by atoms with E-state index in [4.69, 9.17) is 10.5 Å². The molecule has 2 rings (SSSR count). The monoisotopic (exact) mass is 238 g/mol. The average molecular weight is 238 g/mol. The van der Waals surface area contributed by atoms with Gasteiger partial charge in [-0.05, 0) is 25.0 Å². The number of anilines is 1. The first-order valence-corrected chi connectivity index (χ1v) is 5.46. The van der Waals surface area contributed by atoms with Gasteiger partial charge in [0.25, 0.3) is 0 Å². The van der Waals surface area contributed by atoms with Gasteiger partial charge in [0.15, 0.2) is 0 Å². The van der Waals surface area contributed by atoms with Crippen LogP contribution >= 0.6 is 0 Å². The van der Waals surface area contributed by atoms with Crippen LogP contribution in [0, 0.1) is 11.2 Å². The van der Waals surface area contributed by atoms with E-state index in [-0.39, 0.29) is 5.91 Å². The Bertz CT molecular complexity index is 444. The first-order valence-electron chi connectivity index (χ1n) is 5.46. The molecular formula is C12H15FN2O2. The molecule has 0 heterocycles. The largest absolute Gasteiger partial charge is 0.495 e. The van der Waals surface area contributed by atoms with Crippen molar-refractivity contribution in [2.24, 2.45) is 11.1 Å². The van der Waals surface area contributed by atoms with E-state index in [0.29, 0.717) is 18.0 Å². The van der Waals surface area contributed by atoms with Crippen molar-refractivity contribution in [3.63, 3.8) is 0 Å². The van der Waals surface area contributed by atoms with E-state index >= 15 is 0 Å². The lowest BCUT2D eigenvalue weighted by atomic mass is 10.1. The summed E-state index contributed by atoms with van der Waals surface area (Å²) < 4.78 is 18.2. The molecule has 92 valence electrons. The van der Waals surface area contributed by atoms with Gasteiger partial charge in [-0.2, -0.15) is 0 Å². The van der Waals surface area contributed by atoms with E-state index < -0.39 is 11.2 Å². The van der Waals surface area contributed by atoms with Crippen LogP contribution in [0.2, 0.25) is 0 Å². The van der Waals surface area contributed by atoms with Crippen molar-refractivity contribution in [2.45, 2.75) is 12.8 Å². The highest BCUT2D eigenvalue weighted by molar-refractivity contribution is 5.98. The Labute approximate surface area is 98.9 Å². The van der Waals surface area contributed by atoms with Gasteiger partial charge in [-0.3, -0.25) is 4.79 Å². The predicted octanol–water partition coefficient (Wildman–Crippen LogP) is 1.51. The van der Waals surface area contributed by atoms with Gasteiger partial charge >= 0.3 is 0 Å². The van der Waals surface area contributed by atoms with E-state index in [2.05, 4.69) is 5.32 Å². The summed E-state index contributed by atoms with van der Waals surface area (Å²) in [6, 6.07) is 4.00. The second-order valence-electron chi connectivity index (χ2n) is 4.28. The molecule has 0 atom stereocenters. The van der Waals surface area contributed by atoms with Crippen LogP contribution in [-0.2, 0) is 4.79 Å². The Morgan fingerprint density at radius 1 is 1.59 bits per heavy atom. The predicted molar refractivity (Wildman–Crippen MR) is 62.3 cm³/mol. The number of carbonyl (C=O) groups is 1. The Balaban J connectivity index is 2.18. The summed E-state index contributed by atoms with van der Waals surface area (Å²) in [5.74, 6) is -0.143. The molecular weight excluding hydrogens is 223 g/mol. The summed E-state index contributed by atoms with van der Waals surface area (Å²) in [5, 5.41) is 2.67. The fraction of sp³-hybridized carbons (Fsp3) is 0.417. The Morgan fingerprint density at radius 2 is 2.29 bits per heavy atom. The van der Waals surface area contributed by atoms with Crippen LogP contribution in [0.3, 0.4) is 0 Å². The average Bonchev–Trinajstić information content (AvgIpc) is 3.10. The van der Waals surface area contributed by atoms with Gasteiger partial charge < -0.3 is 15.8 Å². The summed E-state index contributed by atoms with van der Waals surface area (Å²) in [5.41, 5.74) is 5.44. The molecule has 0 saturated heterocycles. The molecule has 3 N–H and O–H groups in total. The van der Waals surface area contributed by atoms with Crippen LogP contribution in [0.15, 0.2) is 18.2 Å². The van der Waals surface area contributed by atoms with Crippen molar-refractivity contribution < 1.29 is 13.9 Å². The summed E-state index contributed by atoms with van der Waals surface area (Å²) in [6.45, 7) is 0.316. The minimum atomic E-state index is -0.461. The molecule has 1 aromatic carbocycles. The van der Waals surface area contributed by atoms with E-state index in [0.717, 1.165) is 12.8 Å². The first kappa shape index (κ1) is 11.9. The molecule has 4 nitrogen and oxygen atoms in total. The van der Waals surface area contributed by atoms with Crippen LogP contribution in [0.25, 0.3) is 0 Å². The minimum Gasteiger partial charge on any atom is -0.495 e. The Kier molecular flexibility index (Phi) is 3.02. The second-order valence-corrected chi connectivity index (χ2v) is 4.28. The number of hydrogen-bond acceptors (Lipinski definition) is 3. The minimum absolute atomic E-state index is 0.163. The number of nitrogens with one attached hydrogen (secondary N) is 1. The topological polar surface area (TPSA) is 64.3 Å². The number of hydrogen-bond donors (Lipinski definition) is 2. The smallest absolute Gasteiger partial charge is 0.231 e. The summed E-state index contributed by atoms with van der Waals surface area (Å²) in [6.07, 6.45) is 1.57. The maximum absolute atomic E-state index is 13.1. The summed E-state index contributed by atoms with van der Waals surface area (Å²) in [7, 11) is 1.47. The van der Waals surface area contributed by atoms with E-state index in [1.165, 1.54) is 25.3 Å². The lowest BCUT2D eigenvalue weighted by molar-refractivity contribution is -0.120. The molecule has 1 fully saturated rings. The third kappa shape index (κ3) is 2.24. The molecule has 1 saturated carbocycles. The molecule has 0 aromatic heterocycles.